The zero-order valence-corrected chi connectivity index (χ0v) is 15.1. The SMILES string of the molecule is CCc1nc(C(C)C)ccc1C(=O)N1CCCC(c2nc(N)n[nH]2)C1. The van der Waals surface area contributed by atoms with Gasteiger partial charge >= 0.3 is 0 Å². The molecular formula is C18H26N6O. The van der Waals surface area contributed by atoms with Crippen molar-refractivity contribution in [1.82, 2.24) is 25.1 Å². The fraction of sp³-hybridized carbons (Fsp3) is 0.556. The first-order valence-corrected chi connectivity index (χ1v) is 8.96. The molecule has 1 aliphatic heterocycles. The highest BCUT2D eigenvalue weighted by Crippen LogP contribution is 2.26. The minimum Gasteiger partial charge on any atom is -0.367 e. The zero-order valence-electron chi connectivity index (χ0n) is 15.1. The highest BCUT2D eigenvalue weighted by molar-refractivity contribution is 5.95. The highest BCUT2D eigenvalue weighted by Gasteiger charge is 2.28. The van der Waals surface area contributed by atoms with Crippen LogP contribution in [0, 0.1) is 0 Å². The van der Waals surface area contributed by atoms with Gasteiger partial charge in [0.15, 0.2) is 0 Å². The summed E-state index contributed by atoms with van der Waals surface area (Å²) in [5.74, 6) is 1.57. The van der Waals surface area contributed by atoms with Crippen LogP contribution in [0.3, 0.4) is 0 Å². The number of amides is 1. The lowest BCUT2D eigenvalue weighted by molar-refractivity contribution is 0.0703. The Balaban J connectivity index is 1.80. The summed E-state index contributed by atoms with van der Waals surface area (Å²) >= 11 is 0. The Kier molecular flexibility index (Phi) is 5.01. The average molecular weight is 342 g/mol. The molecule has 7 nitrogen and oxygen atoms in total. The summed E-state index contributed by atoms with van der Waals surface area (Å²) in [6.07, 6.45) is 2.66. The standard InChI is InChI=1S/C18H26N6O/c1-4-14-13(7-8-15(20-14)11(2)3)17(25)24-9-5-6-12(10-24)16-21-18(19)23-22-16/h7-8,11-12H,4-6,9-10H2,1-3H3,(H3,19,21,22,23). The Hall–Kier alpha value is -2.44. The van der Waals surface area contributed by atoms with Crippen LogP contribution < -0.4 is 5.73 Å². The number of nitrogens with one attached hydrogen (secondary N) is 1. The largest absolute Gasteiger partial charge is 0.367 e. The first-order chi connectivity index (χ1) is 12.0. The van der Waals surface area contributed by atoms with Crippen molar-refractivity contribution in [1.29, 1.82) is 0 Å². The van der Waals surface area contributed by atoms with Crippen LogP contribution in [-0.2, 0) is 6.42 Å². The Bertz CT molecular complexity index is 754. The molecule has 7 heteroatoms. The Morgan fingerprint density at radius 2 is 2.20 bits per heavy atom. The van der Waals surface area contributed by atoms with Crippen molar-refractivity contribution in [3.63, 3.8) is 0 Å². The van der Waals surface area contributed by atoms with Crippen molar-refractivity contribution in [2.75, 3.05) is 18.8 Å². The molecule has 0 spiro atoms. The third-order valence-corrected chi connectivity index (χ3v) is 4.77. The summed E-state index contributed by atoms with van der Waals surface area (Å²) in [5.41, 5.74) is 8.22. The number of aryl methyl sites for hydroxylation is 1. The van der Waals surface area contributed by atoms with Gasteiger partial charge in [-0.2, -0.15) is 4.98 Å². The third kappa shape index (κ3) is 3.65. The monoisotopic (exact) mass is 342 g/mol. The van der Waals surface area contributed by atoms with E-state index in [1.54, 1.807) is 0 Å². The smallest absolute Gasteiger partial charge is 0.255 e. The van der Waals surface area contributed by atoms with E-state index in [1.807, 2.05) is 24.0 Å². The van der Waals surface area contributed by atoms with Crippen LogP contribution in [0.2, 0.25) is 0 Å². The number of H-pyrrole nitrogens is 1. The molecule has 1 amide bonds. The van der Waals surface area contributed by atoms with E-state index in [0.717, 1.165) is 43.0 Å². The first kappa shape index (κ1) is 17.4. The summed E-state index contributed by atoms with van der Waals surface area (Å²) in [6.45, 7) is 7.65. The second-order valence-electron chi connectivity index (χ2n) is 6.91. The van der Waals surface area contributed by atoms with Crippen LogP contribution in [0.15, 0.2) is 12.1 Å². The molecule has 2 aromatic heterocycles. The van der Waals surface area contributed by atoms with Gasteiger partial charge in [-0.15, -0.1) is 5.10 Å². The topological polar surface area (TPSA) is 101 Å². The molecule has 134 valence electrons. The number of piperidine rings is 1. The number of carbonyl (C=O) groups is 1. The number of nitrogens with zero attached hydrogens (tertiary/aromatic N) is 4. The maximum Gasteiger partial charge on any atom is 0.255 e. The Labute approximate surface area is 148 Å². The van der Waals surface area contributed by atoms with Gasteiger partial charge in [0.25, 0.3) is 5.91 Å². The van der Waals surface area contributed by atoms with Crippen molar-refractivity contribution in [2.45, 2.75) is 51.9 Å². The van der Waals surface area contributed by atoms with Crippen molar-refractivity contribution >= 4 is 11.9 Å². The lowest BCUT2D eigenvalue weighted by Gasteiger charge is -2.32. The Morgan fingerprint density at radius 3 is 2.84 bits per heavy atom. The van der Waals surface area contributed by atoms with E-state index >= 15 is 0 Å². The van der Waals surface area contributed by atoms with E-state index in [2.05, 4.69) is 29.0 Å². The van der Waals surface area contributed by atoms with E-state index in [0.29, 0.717) is 18.0 Å². The second kappa shape index (κ2) is 7.21. The molecule has 1 unspecified atom stereocenters. The molecule has 0 saturated carbocycles. The fourth-order valence-corrected chi connectivity index (χ4v) is 3.33. The van der Waals surface area contributed by atoms with Crippen molar-refractivity contribution < 1.29 is 4.79 Å². The number of aromatic amines is 1. The van der Waals surface area contributed by atoms with Crippen LogP contribution in [0.4, 0.5) is 5.95 Å². The molecule has 0 aliphatic carbocycles. The van der Waals surface area contributed by atoms with E-state index in [4.69, 9.17) is 10.7 Å². The minimum atomic E-state index is 0.0526. The molecule has 3 rings (SSSR count). The number of carbonyl (C=O) groups excluding carboxylic acids is 1. The predicted molar refractivity (Wildman–Crippen MR) is 96.4 cm³/mol. The molecular weight excluding hydrogens is 316 g/mol. The number of aromatic nitrogens is 4. The van der Waals surface area contributed by atoms with Crippen molar-refractivity contribution in [3.05, 3.63) is 34.9 Å². The van der Waals surface area contributed by atoms with Gasteiger partial charge in [-0.05, 0) is 37.3 Å². The number of nitrogen functional groups attached to an aromatic ring is 1. The molecule has 1 fully saturated rings. The molecule has 0 radical (unpaired) electrons. The molecule has 0 aromatic carbocycles. The summed E-state index contributed by atoms with van der Waals surface area (Å²) in [7, 11) is 0. The highest BCUT2D eigenvalue weighted by atomic mass is 16.2. The summed E-state index contributed by atoms with van der Waals surface area (Å²) in [6, 6.07) is 3.90. The average Bonchev–Trinajstić information content (AvgIpc) is 3.07. The number of likely N-dealkylation sites (tertiary alicyclic amines) is 1. The van der Waals surface area contributed by atoms with E-state index in [1.165, 1.54) is 0 Å². The van der Waals surface area contributed by atoms with Crippen molar-refractivity contribution in [2.24, 2.45) is 0 Å². The molecule has 3 N–H and O–H groups in total. The van der Waals surface area contributed by atoms with Crippen LogP contribution in [0.25, 0.3) is 0 Å². The minimum absolute atomic E-state index is 0.0526. The molecule has 1 aliphatic rings. The van der Waals surface area contributed by atoms with Crippen LogP contribution in [0.1, 0.15) is 73.0 Å². The second-order valence-corrected chi connectivity index (χ2v) is 6.91. The number of pyridine rings is 1. The van der Waals surface area contributed by atoms with Gasteiger partial charge in [-0.1, -0.05) is 20.8 Å². The molecule has 1 saturated heterocycles. The number of anilines is 1. The van der Waals surface area contributed by atoms with Gasteiger partial charge < -0.3 is 10.6 Å². The van der Waals surface area contributed by atoms with Crippen LogP contribution >= 0.6 is 0 Å². The van der Waals surface area contributed by atoms with Gasteiger partial charge in [-0.3, -0.25) is 14.9 Å². The van der Waals surface area contributed by atoms with Gasteiger partial charge in [-0.25, -0.2) is 0 Å². The summed E-state index contributed by atoms with van der Waals surface area (Å²) in [4.78, 5) is 23.9. The van der Waals surface area contributed by atoms with Gasteiger partial charge in [0.05, 0.1) is 11.3 Å². The normalized spacial score (nSPS) is 17.9. The van der Waals surface area contributed by atoms with Crippen LogP contribution in [-0.4, -0.2) is 44.1 Å². The van der Waals surface area contributed by atoms with Gasteiger partial charge in [0.1, 0.15) is 5.82 Å². The maximum absolute atomic E-state index is 13.1. The molecule has 2 aromatic rings. The van der Waals surface area contributed by atoms with Gasteiger partial charge in [0.2, 0.25) is 5.95 Å². The molecule has 0 bridgehead atoms. The maximum atomic E-state index is 13.1. The number of hydrogen-bond donors (Lipinski definition) is 2. The zero-order chi connectivity index (χ0) is 18.0. The quantitative estimate of drug-likeness (QED) is 0.889. The first-order valence-electron chi connectivity index (χ1n) is 8.96. The van der Waals surface area contributed by atoms with E-state index < -0.39 is 0 Å². The van der Waals surface area contributed by atoms with E-state index in [9.17, 15) is 4.79 Å². The third-order valence-electron chi connectivity index (χ3n) is 4.77. The van der Waals surface area contributed by atoms with Gasteiger partial charge in [0, 0.05) is 24.7 Å². The molecule has 3 heterocycles. The summed E-state index contributed by atoms with van der Waals surface area (Å²) < 4.78 is 0. The summed E-state index contributed by atoms with van der Waals surface area (Å²) in [5, 5.41) is 6.78. The van der Waals surface area contributed by atoms with Crippen molar-refractivity contribution in [3.8, 4) is 0 Å². The van der Waals surface area contributed by atoms with E-state index in [-0.39, 0.29) is 17.8 Å². The molecule has 1 atom stereocenters. The lowest BCUT2D eigenvalue weighted by atomic mass is 9.96. The lowest BCUT2D eigenvalue weighted by Crippen LogP contribution is -2.40. The molecule has 25 heavy (non-hydrogen) atoms. The number of nitrogens with two attached hydrogens (primary N) is 1. The van der Waals surface area contributed by atoms with Crippen LogP contribution in [0.5, 0.6) is 0 Å². The Morgan fingerprint density at radius 1 is 1.40 bits per heavy atom. The number of hydrogen-bond acceptors (Lipinski definition) is 5. The number of rotatable bonds is 4. The fourth-order valence-electron chi connectivity index (χ4n) is 3.33. The predicted octanol–water partition coefficient (Wildman–Crippen LogP) is 2.49.